The van der Waals surface area contributed by atoms with Crippen LogP contribution in [0, 0.1) is 11.3 Å². The summed E-state index contributed by atoms with van der Waals surface area (Å²) in [6.07, 6.45) is 2.98. The predicted molar refractivity (Wildman–Crippen MR) is 58.1 cm³/mol. The van der Waals surface area contributed by atoms with Crippen molar-refractivity contribution in [3.63, 3.8) is 0 Å². The molecule has 1 aromatic heterocycles. The number of anilines is 1. The number of nitriles is 1. The van der Waals surface area contributed by atoms with E-state index in [-0.39, 0.29) is 5.82 Å². The van der Waals surface area contributed by atoms with E-state index in [9.17, 15) is 0 Å². The van der Waals surface area contributed by atoms with E-state index >= 15 is 0 Å². The number of nitrogens with two attached hydrogens (primary N) is 1. The van der Waals surface area contributed by atoms with Crippen LogP contribution in [0.3, 0.4) is 0 Å². The second kappa shape index (κ2) is 4.28. The van der Waals surface area contributed by atoms with Gasteiger partial charge in [0.2, 0.25) is 5.96 Å². The fourth-order valence-electron chi connectivity index (χ4n) is 1.09. The molecule has 0 radical (unpaired) electrons. The van der Waals surface area contributed by atoms with Gasteiger partial charge in [-0.05, 0) is 6.20 Å². The number of aromatic nitrogens is 2. The summed E-state index contributed by atoms with van der Waals surface area (Å²) in [5.74, 6) is 0.774. The standard InChI is InChI=1S/C9H12N6/c1-4-14(3)9(12-2)15-8(11)7(5-10)6-13-15/h4,6H,1,11H2,2-3H3. The van der Waals surface area contributed by atoms with Gasteiger partial charge in [0.15, 0.2) is 0 Å². The van der Waals surface area contributed by atoms with Gasteiger partial charge in [-0.1, -0.05) is 6.58 Å². The average molecular weight is 204 g/mol. The Labute approximate surface area is 87.9 Å². The maximum absolute atomic E-state index is 8.73. The van der Waals surface area contributed by atoms with E-state index in [1.165, 1.54) is 10.9 Å². The Morgan fingerprint density at radius 3 is 2.93 bits per heavy atom. The monoisotopic (exact) mass is 204 g/mol. The highest BCUT2D eigenvalue weighted by Gasteiger charge is 2.13. The molecule has 0 aliphatic carbocycles. The smallest absolute Gasteiger partial charge is 0.227 e. The Balaban J connectivity index is 3.21. The van der Waals surface area contributed by atoms with Crippen molar-refractivity contribution in [3.8, 4) is 6.07 Å². The highest BCUT2D eigenvalue weighted by atomic mass is 15.4. The van der Waals surface area contributed by atoms with Crippen LogP contribution in [0.15, 0.2) is 24.0 Å². The third kappa shape index (κ3) is 1.81. The van der Waals surface area contributed by atoms with E-state index in [0.29, 0.717) is 11.5 Å². The topological polar surface area (TPSA) is 83.2 Å². The molecular weight excluding hydrogens is 192 g/mol. The lowest BCUT2D eigenvalue weighted by Gasteiger charge is -2.16. The molecule has 6 heteroatoms. The summed E-state index contributed by atoms with van der Waals surface area (Å²) in [5, 5.41) is 12.7. The van der Waals surface area contributed by atoms with Gasteiger partial charge in [0.05, 0.1) is 6.20 Å². The predicted octanol–water partition coefficient (Wildman–Crippen LogP) is 0.246. The summed E-state index contributed by atoms with van der Waals surface area (Å²) in [7, 11) is 3.38. The Morgan fingerprint density at radius 2 is 2.53 bits per heavy atom. The summed E-state index contributed by atoms with van der Waals surface area (Å²) in [6, 6.07) is 1.94. The zero-order valence-corrected chi connectivity index (χ0v) is 8.68. The Bertz CT molecular complexity index is 436. The van der Waals surface area contributed by atoms with Crippen LogP contribution < -0.4 is 5.73 Å². The molecule has 1 heterocycles. The van der Waals surface area contributed by atoms with Crippen LogP contribution in [0.5, 0.6) is 0 Å². The van der Waals surface area contributed by atoms with E-state index in [1.54, 1.807) is 25.2 Å². The maximum Gasteiger partial charge on any atom is 0.227 e. The van der Waals surface area contributed by atoms with Gasteiger partial charge in [-0.25, -0.2) is 0 Å². The van der Waals surface area contributed by atoms with Crippen molar-refractivity contribution in [2.45, 2.75) is 0 Å². The van der Waals surface area contributed by atoms with Gasteiger partial charge in [0.1, 0.15) is 17.5 Å². The van der Waals surface area contributed by atoms with Crippen LogP contribution in [-0.2, 0) is 0 Å². The van der Waals surface area contributed by atoms with E-state index in [1.807, 2.05) is 6.07 Å². The molecule has 1 rings (SSSR count). The number of hydrogen-bond donors (Lipinski definition) is 1. The first-order valence-corrected chi connectivity index (χ1v) is 4.21. The SMILES string of the molecule is C=CN(C)C(=NC)n1ncc(C#N)c1N. The van der Waals surface area contributed by atoms with Crippen molar-refractivity contribution in [3.05, 3.63) is 24.5 Å². The molecular formula is C9H12N6. The molecule has 0 bridgehead atoms. The van der Waals surface area contributed by atoms with E-state index < -0.39 is 0 Å². The first-order chi connectivity index (χ1) is 7.15. The van der Waals surface area contributed by atoms with Gasteiger partial charge in [0.25, 0.3) is 0 Å². The van der Waals surface area contributed by atoms with Gasteiger partial charge in [0, 0.05) is 14.1 Å². The van der Waals surface area contributed by atoms with Gasteiger partial charge in [-0.2, -0.15) is 15.0 Å². The summed E-state index contributed by atoms with van der Waals surface area (Å²) in [6.45, 7) is 3.61. The largest absolute Gasteiger partial charge is 0.382 e. The number of nitrogens with zero attached hydrogens (tertiary/aromatic N) is 5. The zero-order valence-electron chi connectivity index (χ0n) is 8.68. The minimum Gasteiger partial charge on any atom is -0.382 e. The maximum atomic E-state index is 8.73. The third-order valence-electron chi connectivity index (χ3n) is 1.91. The van der Waals surface area contributed by atoms with Gasteiger partial charge in [-0.15, -0.1) is 0 Å². The molecule has 0 aliphatic heterocycles. The molecule has 0 aromatic carbocycles. The molecule has 0 amide bonds. The average Bonchev–Trinajstić information content (AvgIpc) is 2.61. The highest BCUT2D eigenvalue weighted by Crippen LogP contribution is 2.10. The fraction of sp³-hybridized carbons (Fsp3) is 0.222. The van der Waals surface area contributed by atoms with Gasteiger partial charge >= 0.3 is 0 Å². The lowest BCUT2D eigenvalue weighted by molar-refractivity contribution is 0.638. The third-order valence-corrected chi connectivity index (χ3v) is 1.91. The summed E-state index contributed by atoms with van der Waals surface area (Å²) in [4.78, 5) is 5.68. The van der Waals surface area contributed by atoms with E-state index in [2.05, 4.69) is 16.7 Å². The minimum atomic E-state index is 0.270. The molecule has 0 saturated carbocycles. The molecule has 0 unspecified atom stereocenters. The normalized spacial score (nSPS) is 10.9. The zero-order chi connectivity index (χ0) is 11.4. The van der Waals surface area contributed by atoms with Crippen molar-refractivity contribution >= 4 is 11.8 Å². The summed E-state index contributed by atoms with van der Waals surface area (Å²) in [5.41, 5.74) is 6.05. The van der Waals surface area contributed by atoms with Crippen LogP contribution in [-0.4, -0.2) is 34.7 Å². The molecule has 6 nitrogen and oxygen atoms in total. The molecule has 2 N–H and O–H groups in total. The molecule has 0 saturated heterocycles. The second-order valence-corrected chi connectivity index (χ2v) is 2.78. The lowest BCUT2D eigenvalue weighted by Crippen LogP contribution is -2.30. The fourth-order valence-corrected chi connectivity index (χ4v) is 1.09. The Morgan fingerprint density at radius 1 is 1.87 bits per heavy atom. The molecule has 0 atom stereocenters. The van der Waals surface area contributed by atoms with Gasteiger partial charge < -0.3 is 10.6 Å². The molecule has 1 aromatic rings. The highest BCUT2D eigenvalue weighted by molar-refractivity contribution is 5.85. The van der Waals surface area contributed by atoms with Crippen molar-refractivity contribution < 1.29 is 0 Å². The van der Waals surface area contributed by atoms with Crippen LogP contribution in [0.25, 0.3) is 0 Å². The number of aliphatic imine (C=N–C) groups is 1. The quantitative estimate of drug-likeness (QED) is 0.525. The number of rotatable bonds is 1. The van der Waals surface area contributed by atoms with Gasteiger partial charge in [-0.3, -0.25) is 4.99 Å². The van der Waals surface area contributed by atoms with Crippen molar-refractivity contribution in [1.82, 2.24) is 14.7 Å². The first kappa shape index (κ1) is 10.8. The second-order valence-electron chi connectivity index (χ2n) is 2.78. The van der Waals surface area contributed by atoms with E-state index in [0.717, 1.165) is 0 Å². The Hall–Kier alpha value is -2.29. The lowest BCUT2D eigenvalue weighted by atomic mass is 10.4. The molecule has 15 heavy (non-hydrogen) atoms. The molecule has 0 spiro atoms. The minimum absolute atomic E-state index is 0.270. The first-order valence-electron chi connectivity index (χ1n) is 4.21. The number of hydrogen-bond acceptors (Lipinski definition) is 4. The van der Waals surface area contributed by atoms with Crippen LogP contribution in [0.2, 0.25) is 0 Å². The van der Waals surface area contributed by atoms with Crippen LogP contribution in [0.4, 0.5) is 5.82 Å². The summed E-state index contributed by atoms with van der Waals surface area (Å²) < 4.78 is 1.39. The van der Waals surface area contributed by atoms with Crippen LogP contribution in [0.1, 0.15) is 5.56 Å². The summed E-state index contributed by atoms with van der Waals surface area (Å²) >= 11 is 0. The number of nitrogen functional groups attached to an aromatic ring is 1. The van der Waals surface area contributed by atoms with Crippen LogP contribution >= 0.6 is 0 Å². The van der Waals surface area contributed by atoms with E-state index in [4.69, 9.17) is 11.0 Å². The Kier molecular flexibility index (Phi) is 3.08. The van der Waals surface area contributed by atoms with Crippen molar-refractivity contribution in [1.29, 1.82) is 5.26 Å². The van der Waals surface area contributed by atoms with Crippen molar-refractivity contribution in [2.24, 2.45) is 4.99 Å². The molecule has 0 fully saturated rings. The van der Waals surface area contributed by atoms with Crippen molar-refractivity contribution in [2.75, 3.05) is 19.8 Å². The molecule has 0 aliphatic rings. The molecule has 78 valence electrons.